The Labute approximate surface area is 192 Å². The summed E-state index contributed by atoms with van der Waals surface area (Å²) >= 11 is 0. The van der Waals surface area contributed by atoms with Gasteiger partial charge in [-0.3, -0.25) is 0 Å². The van der Waals surface area contributed by atoms with Gasteiger partial charge in [0, 0.05) is 71.7 Å². The molecule has 1 aliphatic heterocycles. The van der Waals surface area contributed by atoms with Crippen LogP contribution in [0, 0.1) is 13.8 Å². The van der Waals surface area contributed by atoms with Gasteiger partial charge in [-0.2, -0.15) is 0 Å². The Kier molecular flexibility index (Phi) is 4.80. The molecular formula is C27H26N6. The van der Waals surface area contributed by atoms with Crippen LogP contribution in [-0.2, 0) is 0 Å². The minimum absolute atomic E-state index is 0.780. The molecule has 6 heteroatoms. The van der Waals surface area contributed by atoms with Crippen molar-refractivity contribution in [1.82, 2.24) is 25.3 Å². The highest BCUT2D eigenvalue weighted by Gasteiger charge is 2.15. The number of H-pyrrole nitrogens is 1. The number of pyridine rings is 3. The molecule has 0 bridgehead atoms. The summed E-state index contributed by atoms with van der Waals surface area (Å²) < 4.78 is 0. The molecule has 4 aromatic heterocycles. The van der Waals surface area contributed by atoms with Gasteiger partial charge in [0.05, 0.1) is 5.69 Å². The molecule has 2 N–H and O–H groups in total. The molecule has 164 valence electrons. The molecule has 33 heavy (non-hydrogen) atoms. The third kappa shape index (κ3) is 3.52. The number of piperazine rings is 1. The van der Waals surface area contributed by atoms with Crippen molar-refractivity contribution < 1.29 is 0 Å². The predicted octanol–water partition coefficient (Wildman–Crippen LogP) is 4.87. The standard InChI is InChI=1S/C27H26N6/c1-17-14-23(22-4-3-9-29-27(22)31-17)26-18(2)21-7-5-19(15-24(21)32-26)20-6-8-25(30-16-20)33-12-10-28-11-13-33/h3-9,14-16,28,32H,10-13H2,1-2H3. The van der Waals surface area contributed by atoms with E-state index in [2.05, 4.69) is 74.6 Å². The molecule has 0 unspecified atom stereocenters. The predicted molar refractivity (Wildman–Crippen MR) is 135 cm³/mol. The summed E-state index contributed by atoms with van der Waals surface area (Å²) in [5.41, 5.74) is 8.65. The third-order valence-electron chi connectivity index (χ3n) is 6.56. The van der Waals surface area contributed by atoms with Crippen molar-refractivity contribution >= 4 is 27.8 Å². The first-order valence-corrected chi connectivity index (χ1v) is 11.4. The highest BCUT2D eigenvalue weighted by molar-refractivity contribution is 5.99. The highest BCUT2D eigenvalue weighted by atomic mass is 15.2. The van der Waals surface area contributed by atoms with Gasteiger partial charge in [0.1, 0.15) is 5.82 Å². The van der Waals surface area contributed by atoms with Crippen LogP contribution in [-0.4, -0.2) is 46.1 Å². The second-order valence-electron chi connectivity index (χ2n) is 8.71. The van der Waals surface area contributed by atoms with Crippen molar-refractivity contribution in [3.63, 3.8) is 0 Å². The smallest absolute Gasteiger partial charge is 0.160 e. The van der Waals surface area contributed by atoms with E-state index in [4.69, 9.17) is 4.98 Å². The Bertz CT molecular complexity index is 1460. The first kappa shape index (κ1) is 19.9. The number of nitrogens with zero attached hydrogens (tertiary/aromatic N) is 4. The molecule has 0 saturated carbocycles. The molecule has 1 aromatic carbocycles. The lowest BCUT2D eigenvalue weighted by Crippen LogP contribution is -2.43. The number of aromatic amines is 1. The van der Waals surface area contributed by atoms with Gasteiger partial charge in [-0.25, -0.2) is 15.0 Å². The largest absolute Gasteiger partial charge is 0.354 e. The van der Waals surface area contributed by atoms with Crippen LogP contribution in [0.15, 0.2) is 60.9 Å². The van der Waals surface area contributed by atoms with Crippen molar-refractivity contribution in [2.75, 3.05) is 31.1 Å². The Balaban J connectivity index is 1.40. The lowest BCUT2D eigenvalue weighted by atomic mass is 10.0. The number of anilines is 1. The maximum atomic E-state index is 4.75. The average molecular weight is 435 g/mol. The van der Waals surface area contributed by atoms with E-state index in [1.54, 1.807) is 6.20 Å². The quantitative estimate of drug-likeness (QED) is 0.424. The fourth-order valence-corrected chi connectivity index (χ4v) is 4.81. The molecule has 6 rings (SSSR count). The SMILES string of the molecule is Cc1cc(-c2[nH]c3cc(-c4ccc(N5CCNCC5)nc4)ccc3c2C)c2cccnc2n1. The van der Waals surface area contributed by atoms with E-state index in [-0.39, 0.29) is 0 Å². The second-order valence-corrected chi connectivity index (χ2v) is 8.71. The van der Waals surface area contributed by atoms with Crippen LogP contribution < -0.4 is 10.2 Å². The molecule has 5 aromatic rings. The number of fused-ring (bicyclic) bond motifs is 2. The summed E-state index contributed by atoms with van der Waals surface area (Å²) in [6.45, 7) is 8.22. The molecule has 0 spiro atoms. The van der Waals surface area contributed by atoms with Crippen LogP contribution in [0.1, 0.15) is 11.3 Å². The van der Waals surface area contributed by atoms with Crippen LogP contribution in [0.2, 0.25) is 0 Å². The number of rotatable bonds is 3. The zero-order valence-electron chi connectivity index (χ0n) is 18.9. The molecule has 1 fully saturated rings. The molecule has 0 amide bonds. The van der Waals surface area contributed by atoms with Crippen molar-refractivity contribution in [3.05, 3.63) is 72.2 Å². The lowest BCUT2D eigenvalue weighted by Gasteiger charge is -2.28. The van der Waals surface area contributed by atoms with E-state index in [0.717, 1.165) is 76.6 Å². The number of hydrogen-bond donors (Lipinski definition) is 2. The molecule has 1 aliphatic rings. The minimum Gasteiger partial charge on any atom is -0.354 e. The summed E-state index contributed by atoms with van der Waals surface area (Å²) in [4.78, 5) is 19.8. The van der Waals surface area contributed by atoms with E-state index < -0.39 is 0 Å². The zero-order chi connectivity index (χ0) is 22.4. The van der Waals surface area contributed by atoms with E-state index >= 15 is 0 Å². The first-order chi connectivity index (χ1) is 16.2. The minimum atomic E-state index is 0.780. The Morgan fingerprint density at radius 2 is 1.73 bits per heavy atom. The third-order valence-corrected chi connectivity index (χ3v) is 6.56. The van der Waals surface area contributed by atoms with Crippen LogP contribution in [0.3, 0.4) is 0 Å². The molecule has 0 radical (unpaired) electrons. The van der Waals surface area contributed by atoms with E-state index in [0.29, 0.717) is 0 Å². The van der Waals surface area contributed by atoms with Gasteiger partial charge in [0.25, 0.3) is 0 Å². The lowest BCUT2D eigenvalue weighted by molar-refractivity contribution is 0.585. The summed E-state index contributed by atoms with van der Waals surface area (Å²) in [5.74, 6) is 1.05. The molecule has 6 nitrogen and oxygen atoms in total. The fourth-order valence-electron chi connectivity index (χ4n) is 4.81. The van der Waals surface area contributed by atoms with E-state index in [1.165, 1.54) is 10.9 Å². The van der Waals surface area contributed by atoms with Crippen molar-refractivity contribution in [1.29, 1.82) is 0 Å². The Morgan fingerprint density at radius 1 is 0.879 bits per heavy atom. The van der Waals surface area contributed by atoms with Crippen LogP contribution in [0.5, 0.6) is 0 Å². The summed E-state index contributed by atoms with van der Waals surface area (Å²) in [7, 11) is 0. The van der Waals surface area contributed by atoms with Crippen molar-refractivity contribution in [2.45, 2.75) is 13.8 Å². The Hall–Kier alpha value is -3.77. The number of aromatic nitrogens is 4. The first-order valence-electron chi connectivity index (χ1n) is 11.4. The topological polar surface area (TPSA) is 69.7 Å². The fraction of sp³-hybridized carbons (Fsp3) is 0.222. The molecular weight excluding hydrogens is 408 g/mol. The van der Waals surface area contributed by atoms with Gasteiger partial charge in [0.15, 0.2) is 5.65 Å². The van der Waals surface area contributed by atoms with Gasteiger partial charge in [-0.05, 0) is 61.4 Å². The molecule has 5 heterocycles. The Morgan fingerprint density at radius 3 is 2.55 bits per heavy atom. The van der Waals surface area contributed by atoms with Gasteiger partial charge in [0.2, 0.25) is 0 Å². The number of hydrogen-bond acceptors (Lipinski definition) is 5. The van der Waals surface area contributed by atoms with Crippen LogP contribution in [0.25, 0.3) is 44.3 Å². The molecule has 1 saturated heterocycles. The molecule has 0 atom stereocenters. The van der Waals surface area contributed by atoms with Crippen LogP contribution >= 0.6 is 0 Å². The maximum absolute atomic E-state index is 4.75. The maximum Gasteiger partial charge on any atom is 0.160 e. The number of aryl methyl sites for hydroxylation is 2. The van der Waals surface area contributed by atoms with Crippen molar-refractivity contribution in [3.8, 4) is 22.4 Å². The number of benzene rings is 1. The van der Waals surface area contributed by atoms with E-state index in [9.17, 15) is 0 Å². The highest BCUT2D eigenvalue weighted by Crippen LogP contribution is 2.35. The molecule has 0 aliphatic carbocycles. The second kappa shape index (κ2) is 7.98. The summed E-state index contributed by atoms with van der Waals surface area (Å²) in [6, 6.07) is 17.1. The van der Waals surface area contributed by atoms with Gasteiger partial charge in [-0.15, -0.1) is 0 Å². The van der Waals surface area contributed by atoms with Gasteiger partial charge >= 0.3 is 0 Å². The monoisotopic (exact) mass is 434 g/mol. The average Bonchev–Trinajstić information content (AvgIpc) is 3.19. The van der Waals surface area contributed by atoms with Crippen LogP contribution in [0.4, 0.5) is 5.82 Å². The normalized spacial score (nSPS) is 14.3. The summed E-state index contributed by atoms with van der Waals surface area (Å²) in [5, 5.41) is 5.68. The number of nitrogens with one attached hydrogen (secondary N) is 2. The van der Waals surface area contributed by atoms with Gasteiger partial charge in [-0.1, -0.05) is 12.1 Å². The van der Waals surface area contributed by atoms with Gasteiger partial charge < -0.3 is 15.2 Å². The zero-order valence-corrected chi connectivity index (χ0v) is 18.9. The van der Waals surface area contributed by atoms with Crippen molar-refractivity contribution in [2.24, 2.45) is 0 Å². The summed E-state index contributed by atoms with van der Waals surface area (Å²) in [6.07, 6.45) is 3.78. The van der Waals surface area contributed by atoms with E-state index in [1.807, 2.05) is 19.2 Å².